The van der Waals surface area contributed by atoms with E-state index >= 15 is 0 Å². The van der Waals surface area contributed by atoms with Crippen molar-refractivity contribution in [3.05, 3.63) is 34.7 Å². The number of aliphatic carboxylic acids is 1. The Morgan fingerprint density at radius 2 is 1.85 bits per heavy atom. The van der Waals surface area contributed by atoms with E-state index in [1.54, 1.807) is 24.3 Å². The first-order valence-corrected chi connectivity index (χ1v) is 9.21. The molecule has 8 nitrogen and oxygen atoms in total. The highest BCUT2D eigenvalue weighted by Crippen LogP contribution is 2.44. The Labute approximate surface area is 164 Å². The van der Waals surface area contributed by atoms with Crippen molar-refractivity contribution < 1.29 is 24.3 Å². The predicted molar refractivity (Wildman–Crippen MR) is 101 cm³/mol. The van der Waals surface area contributed by atoms with Crippen molar-refractivity contribution in [3.63, 3.8) is 0 Å². The zero-order valence-electron chi connectivity index (χ0n) is 14.0. The number of nitrogens with zero attached hydrogens (tertiary/aromatic N) is 2. The molecule has 0 aromatic heterocycles. The molecule has 0 bridgehead atoms. The van der Waals surface area contributed by atoms with Crippen LogP contribution in [0.5, 0.6) is 0 Å². The molecule has 0 spiro atoms. The number of carbonyl (C=O) groups is 4. The van der Waals surface area contributed by atoms with E-state index in [1.165, 1.54) is 9.80 Å². The molecule has 140 valence electrons. The molecule has 2 aliphatic heterocycles. The first-order chi connectivity index (χ1) is 12.8. The summed E-state index contributed by atoms with van der Waals surface area (Å²) in [4.78, 5) is 50.3. The molecule has 0 atom stereocenters. The number of benzene rings is 1. The Bertz CT molecular complexity index is 912. The first-order valence-electron chi connectivity index (χ1n) is 7.98. The summed E-state index contributed by atoms with van der Waals surface area (Å²) in [5.74, 6) is -2.83. The Morgan fingerprint density at radius 3 is 2.52 bits per heavy atom. The van der Waals surface area contributed by atoms with Crippen molar-refractivity contribution in [2.24, 2.45) is 5.73 Å². The maximum absolute atomic E-state index is 12.9. The minimum atomic E-state index is -1.21. The topological polar surface area (TPSA) is 124 Å². The van der Waals surface area contributed by atoms with Gasteiger partial charge in [0.05, 0.1) is 16.2 Å². The smallest absolute Gasteiger partial charge is 0.267 e. The third kappa shape index (κ3) is 3.58. The fourth-order valence-electron chi connectivity index (χ4n) is 2.94. The number of fused-ring (bicyclic) bond motifs is 1. The summed E-state index contributed by atoms with van der Waals surface area (Å²) in [5, 5.41) is 10.6. The van der Waals surface area contributed by atoms with E-state index in [0.29, 0.717) is 11.3 Å². The van der Waals surface area contributed by atoms with E-state index in [4.69, 9.17) is 18.0 Å². The van der Waals surface area contributed by atoms with Crippen molar-refractivity contribution in [2.45, 2.75) is 12.8 Å². The van der Waals surface area contributed by atoms with E-state index in [9.17, 15) is 24.3 Å². The lowest BCUT2D eigenvalue weighted by Crippen LogP contribution is -2.36. The monoisotopic (exact) mass is 404 g/mol. The molecule has 1 fully saturated rings. The van der Waals surface area contributed by atoms with Crippen LogP contribution in [0.1, 0.15) is 18.4 Å². The van der Waals surface area contributed by atoms with Gasteiger partial charge in [0.1, 0.15) is 10.9 Å². The van der Waals surface area contributed by atoms with Gasteiger partial charge < -0.3 is 15.6 Å². The second-order valence-electron chi connectivity index (χ2n) is 5.88. The molecule has 0 saturated carbocycles. The van der Waals surface area contributed by atoms with Crippen LogP contribution in [0.3, 0.4) is 0 Å². The van der Waals surface area contributed by atoms with Crippen molar-refractivity contribution in [2.75, 3.05) is 18.0 Å². The molecular weight excluding hydrogens is 390 g/mol. The predicted octanol–water partition coefficient (Wildman–Crippen LogP) is -0.380. The Morgan fingerprint density at radius 1 is 1.15 bits per heavy atom. The number of nitrogens with two attached hydrogens (primary N) is 1. The third-order valence-corrected chi connectivity index (χ3v) is 5.52. The van der Waals surface area contributed by atoms with Crippen molar-refractivity contribution in [1.29, 1.82) is 0 Å². The van der Waals surface area contributed by atoms with Gasteiger partial charge in [0, 0.05) is 18.1 Å². The molecule has 1 aromatic rings. The lowest BCUT2D eigenvalue weighted by molar-refractivity contribution is -0.305. The molecule has 2 N–H and O–H groups in total. The van der Waals surface area contributed by atoms with Gasteiger partial charge in [-0.2, -0.15) is 0 Å². The zero-order valence-corrected chi connectivity index (χ0v) is 15.6. The number of carboxylic acid groups (broad SMARTS) is 1. The van der Waals surface area contributed by atoms with Crippen molar-refractivity contribution >= 4 is 63.3 Å². The molecule has 2 aliphatic rings. The summed E-state index contributed by atoms with van der Waals surface area (Å²) in [6, 6.07) is 6.80. The van der Waals surface area contributed by atoms with Crippen LogP contribution in [0.15, 0.2) is 29.2 Å². The number of carboxylic acids is 1. The van der Waals surface area contributed by atoms with E-state index in [0.717, 1.165) is 11.8 Å². The highest BCUT2D eigenvalue weighted by Gasteiger charge is 2.42. The number of rotatable bonds is 6. The number of thioether (sulfide) groups is 1. The number of hydrogen-bond acceptors (Lipinski definition) is 7. The highest BCUT2D eigenvalue weighted by atomic mass is 32.2. The molecule has 3 rings (SSSR count). The van der Waals surface area contributed by atoms with Gasteiger partial charge in [-0.15, -0.1) is 0 Å². The van der Waals surface area contributed by atoms with Crippen LogP contribution in [0.2, 0.25) is 0 Å². The van der Waals surface area contributed by atoms with E-state index in [-0.39, 0.29) is 40.7 Å². The van der Waals surface area contributed by atoms with Crippen molar-refractivity contribution in [1.82, 2.24) is 4.90 Å². The SMILES string of the molecule is NC(=O)CN1C(=O)/C(=C2/SC(=S)N(CCCC(=O)[O-])C2=O)c2ccccc21. The molecule has 0 radical (unpaired) electrons. The van der Waals surface area contributed by atoms with Crippen LogP contribution >= 0.6 is 24.0 Å². The van der Waals surface area contributed by atoms with Gasteiger partial charge in [-0.25, -0.2) is 0 Å². The van der Waals surface area contributed by atoms with E-state index < -0.39 is 23.7 Å². The average molecular weight is 404 g/mol. The molecule has 2 heterocycles. The van der Waals surface area contributed by atoms with Gasteiger partial charge in [0.15, 0.2) is 0 Å². The number of thiocarbonyl (C=S) groups is 1. The summed E-state index contributed by atoms with van der Waals surface area (Å²) in [7, 11) is 0. The first kappa shape index (κ1) is 19.1. The maximum atomic E-state index is 12.9. The minimum Gasteiger partial charge on any atom is -0.550 e. The largest absolute Gasteiger partial charge is 0.550 e. The molecule has 3 amide bonds. The number of hydrogen-bond donors (Lipinski definition) is 1. The number of amides is 3. The van der Waals surface area contributed by atoms with Crippen LogP contribution in [-0.2, 0) is 19.2 Å². The quantitative estimate of drug-likeness (QED) is 0.506. The lowest BCUT2D eigenvalue weighted by atomic mass is 10.1. The average Bonchev–Trinajstić information content (AvgIpc) is 3.02. The minimum absolute atomic E-state index is 0.121. The van der Waals surface area contributed by atoms with Gasteiger partial charge in [-0.05, 0) is 18.9 Å². The summed E-state index contributed by atoms with van der Waals surface area (Å²) >= 11 is 6.20. The normalized spacial score (nSPS) is 19.0. The Balaban J connectivity index is 1.96. The molecule has 1 saturated heterocycles. The van der Waals surface area contributed by atoms with Gasteiger partial charge >= 0.3 is 0 Å². The van der Waals surface area contributed by atoms with Gasteiger partial charge in [-0.3, -0.25) is 24.2 Å². The molecule has 0 aliphatic carbocycles. The van der Waals surface area contributed by atoms with Gasteiger partial charge in [0.2, 0.25) is 5.91 Å². The van der Waals surface area contributed by atoms with E-state index in [2.05, 4.69) is 0 Å². The van der Waals surface area contributed by atoms with Gasteiger partial charge in [0.25, 0.3) is 11.8 Å². The summed E-state index contributed by atoms with van der Waals surface area (Å²) < 4.78 is 0.250. The standard InChI is InChI=1S/C17H15N3O5S2/c18-11(21)8-20-10-5-2-1-4-9(10)13(15(20)24)14-16(25)19(17(26)27-14)7-3-6-12(22)23/h1-2,4-5H,3,6-8H2,(H2,18,21)(H,22,23)/p-1/b14-13+. The third-order valence-electron chi connectivity index (χ3n) is 4.08. The Kier molecular flexibility index (Phi) is 5.29. The Hall–Kier alpha value is -2.72. The van der Waals surface area contributed by atoms with Crippen LogP contribution in [-0.4, -0.2) is 46.0 Å². The summed E-state index contributed by atoms with van der Waals surface area (Å²) in [5.41, 5.74) is 6.44. The number of para-hydroxylation sites is 1. The second-order valence-corrected chi connectivity index (χ2v) is 7.52. The fraction of sp³-hybridized carbons (Fsp3) is 0.235. The van der Waals surface area contributed by atoms with Crippen LogP contribution < -0.4 is 15.7 Å². The number of carbonyl (C=O) groups excluding carboxylic acids is 4. The second kappa shape index (κ2) is 7.49. The molecule has 0 unspecified atom stereocenters. The number of primary amides is 1. The molecule has 1 aromatic carbocycles. The molecular formula is C17H14N3O5S2-. The van der Waals surface area contributed by atoms with Crippen LogP contribution in [0.25, 0.3) is 5.57 Å². The molecule has 10 heteroatoms. The number of anilines is 1. The summed E-state index contributed by atoms with van der Waals surface area (Å²) in [6.45, 7) is -0.179. The van der Waals surface area contributed by atoms with E-state index in [1.807, 2.05) is 0 Å². The lowest BCUT2D eigenvalue weighted by Gasteiger charge is -2.15. The zero-order chi connectivity index (χ0) is 19.7. The van der Waals surface area contributed by atoms with Crippen LogP contribution in [0, 0.1) is 0 Å². The van der Waals surface area contributed by atoms with Crippen LogP contribution in [0.4, 0.5) is 5.69 Å². The highest BCUT2D eigenvalue weighted by molar-refractivity contribution is 8.26. The van der Waals surface area contributed by atoms with Crippen molar-refractivity contribution in [3.8, 4) is 0 Å². The fourth-order valence-corrected chi connectivity index (χ4v) is 4.32. The summed E-state index contributed by atoms with van der Waals surface area (Å²) in [6.07, 6.45) is -0.00710. The van der Waals surface area contributed by atoms with Gasteiger partial charge in [-0.1, -0.05) is 42.2 Å². The molecule has 27 heavy (non-hydrogen) atoms. The maximum Gasteiger partial charge on any atom is 0.267 e.